The fourth-order valence-corrected chi connectivity index (χ4v) is 3.71. The van der Waals surface area contributed by atoms with Gasteiger partial charge in [0, 0.05) is 45.3 Å². The van der Waals surface area contributed by atoms with E-state index in [0.717, 1.165) is 12.1 Å². The van der Waals surface area contributed by atoms with Crippen molar-refractivity contribution in [2.45, 2.75) is 12.8 Å². The molecule has 0 saturated carbocycles. The van der Waals surface area contributed by atoms with Crippen LogP contribution in [0.3, 0.4) is 0 Å². The van der Waals surface area contributed by atoms with Crippen LogP contribution in [0.2, 0.25) is 0 Å². The molecule has 1 spiro atoms. The van der Waals surface area contributed by atoms with E-state index in [1.807, 2.05) is 13.2 Å². The number of anilines is 1. The lowest BCUT2D eigenvalue weighted by Crippen LogP contribution is -2.38. The standard InChI is InChI=1S/C17H19N5O2/c1-20-11-14(10-19-20)22-8-5-17(16(22)24)4-7-21(12-17)15(23)13-3-2-6-18-9-13/h2-3,6,9-11H,4-5,7-8,12H2,1H3/t17-/m0/s1. The Morgan fingerprint density at radius 3 is 2.79 bits per heavy atom. The van der Waals surface area contributed by atoms with Crippen molar-refractivity contribution in [1.29, 1.82) is 0 Å². The van der Waals surface area contributed by atoms with Crippen molar-refractivity contribution in [3.05, 3.63) is 42.5 Å². The number of amides is 2. The van der Waals surface area contributed by atoms with Crippen molar-refractivity contribution in [1.82, 2.24) is 19.7 Å². The fraction of sp³-hybridized carbons (Fsp3) is 0.412. The minimum absolute atomic E-state index is 0.0485. The molecule has 4 rings (SSSR count). The molecular weight excluding hydrogens is 306 g/mol. The molecule has 124 valence electrons. The molecule has 2 saturated heterocycles. The maximum absolute atomic E-state index is 13.0. The second-order valence-corrected chi connectivity index (χ2v) is 6.58. The van der Waals surface area contributed by atoms with Gasteiger partial charge in [-0.3, -0.25) is 19.3 Å². The van der Waals surface area contributed by atoms with E-state index in [1.165, 1.54) is 0 Å². The third-order valence-electron chi connectivity index (χ3n) is 5.07. The molecule has 0 bridgehead atoms. The van der Waals surface area contributed by atoms with Crippen molar-refractivity contribution < 1.29 is 9.59 Å². The molecular formula is C17H19N5O2. The summed E-state index contributed by atoms with van der Waals surface area (Å²) in [5, 5.41) is 4.14. The highest BCUT2D eigenvalue weighted by Crippen LogP contribution is 2.42. The summed E-state index contributed by atoms with van der Waals surface area (Å²) in [7, 11) is 1.84. The molecule has 1 atom stereocenters. The third-order valence-corrected chi connectivity index (χ3v) is 5.07. The molecule has 4 heterocycles. The fourth-order valence-electron chi connectivity index (χ4n) is 3.71. The molecule has 2 amide bonds. The van der Waals surface area contributed by atoms with E-state index in [2.05, 4.69) is 10.1 Å². The topological polar surface area (TPSA) is 71.3 Å². The van der Waals surface area contributed by atoms with E-state index < -0.39 is 5.41 Å². The molecule has 0 radical (unpaired) electrons. The van der Waals surface area contributed by atoms with Crippen LogP contribution in [0, 0.1) is 5.41 Å². The number of hydrogen-bond acceptors (Lipinski definition) is 4. The first kappa shape index (κ1) is 14.9. The molecule has 2 aliphatic rings. The van der Waals surface area contributed by atoms with Crippen molar-refractivity contribution in [3.8, 4) is 0 Å². The summed E-state index contributed by atoms with van der Waals surface area (Å²) in [5.41, 5.74) is 0.953. The monoisotopic (exact) mass is 325 g/mol. The smallest absolute Gasteiger partial charge is 0.255 e. The number of rotatable bonds is 2. The quantitative estimate of drug-likeness (QED) is 0.828. The van der Waals surface area contributed by atoms with Crippen LogP contribution in [0.5, 0.6) is 0 Å². The van der Waals surface area contributed by atoms with Gasteiger partial charge >= 0.3 is 0 Å². The van der Waals surface area contributed by atoms with Gasteiger partial charge in [0.2, 0.25) is 5.91 Å². The van der Waals surface area contributed by atoms with Gasteiger partial charge in [0.05, 0.1) is 22.9 Å². The lowest BCUT2D eigenvalue weighted by Gasteiger charge is -2.23. The SMILES string of the molecule is Cn1cc(N2CC[C@]3(CCN(C(=O)c4cccnc4)C3)C2=O)cn1. The third kappa shape index (κ3) is 2.28. The van der Waals surface area contributed by atoms with Gasteiger partial charge in [0.15, 0.2) is 0 Å². The van der Waals surface area contributed by atoms with Gasteiger partial charge in [-0.05, 0) is 25.0 Å². The number of carbonyl (C=O) groups is 2. The van der Waals surface area contributed by atoms with Crippen LogP contribution in [0.4, 0.5) is 5.69 Å². The summed E-state index contributed by atoms with van der Waals surface area (Å²) in [6, 6.07) is 3.52. The van der Waals surface area contributed by atoms with Crippen molar-refractivity contribution in [3.63, 3.8) is 0 Å². The number of nitrogens with zero attached hydrogens (tertiary/aromatic N) is 5. The highest BCUT2D eigenvalue weighted by molar-refractivity contribution is 6.01. The average Bonchev–Trinajstić information content (AvgIpc) is 3.30. The number of aromatic nitrogens is 3. The first-order valence-electron chi connectivity index (χ1n) is 8.09. The summed E-state index contributed by atoms with van der Waals surface area (Å²) >= 11 is 0. The molecule has 0 unspecified atom stereocenters. The van der Waals surface area contributed by atoms with E-state index in [-0.39, 0.29) is 11.8 Å². The first-order valence-corrected chi connectivity index (χ1v) is 8.09. The molecule has 0 aromatic carbocycles. The van der Waals surface area contributed by atoms with Crippen molar-refractivity contribution >= 4 is 17.5 Å². The predicted octanol–water partition coefficient (Wildman–Crippen LogP) is 1.08. The molecule has 2 fully saturated rings. The highest BCUT2D eigenvalue weighted by Gasteiger charge is 2.52. The van der Waals surface area contributed by atoms with Gasteiger partial charge in [0.25, 0.3) is 5.91 Å². The van der Waals surface area contributed by atoms with E-state index in [1.54, 1.807) is 45.2 Å². The Bertz CT molecular complexity index is 787. The Morgan fingerprint density at radius 1 is 1.25 bits per heavy atom. The molecule has 2 aliphatic heterocycles. The number of likely N-dealkylation sites (tertiary alicyclic amines) is 1. The lowest BCUT2D eigenvalue weighted by atomic mass is 9.85. The maximum Gasteiger partial charge on any atom is 0.255 e. The van der Waals surface area contributed by atoms with Gasteiger partial charge < -0.3 is 9.80 Å². The normalized spacial score (nSPS) is 23.5. The Hall–Kier alpha value is -2.70. The van der Waals surface area contributed by atoms with Gasteiger partial charge in [-0.1, -0.05) is 0 Å². The zero-order valence-corrected chi connectivity index (χ0v) is 13.6. The summed E-state index contributed by atoms with van der Waals surface area (Å²) in [4.78, 5) is 33.2. The van der Waals surface area contributed by atoms with E-state index in [0.29, 0.717) is 31.6 Å². The van der Waals surface area contributed by atoms with Gasteiger partial charge in [-0.2, -0.15) is 5.10 Å². The van der Waals surface area contributed by atoms with Crippen LogP contribution in [-0.2, 0) is 11.8 Å². The van der Waals surface area contributed by atoms with Gasteiger partial charge in [0.1, 0.15) is 0 Å². The number of pyridine rings is 1. The first-order chi connectivity index (χ1) is 11.6. The zero-order chi connectivity index (χ0) is 16.7. The molecule has 7 nitrogen and oxygen atoms in total. The summed E-state index contributed by atoms with van der Waals surface area (Å²) in [6.07, 6.45) is 8.28. The Kier molecular flexibility index (Phi) is 3.37. The molecule has 2 aromatic rings. The molecule has 24 heavy (non-hydrogen) atoms. The number of carbonyl (C=O) groups excluding carboxylic acids is 2. The van der Waals surface area contributed by atoms with Crippen molar-refractivity contribution in [2.24, 2.45) is 12.5 Å². The average molecular weight is 325 g/mol. The Balaban J connectivity index is 1.52. The lowest BCUT2D eigenvalue weighted by molar-refractivity contribution is -0.124. The molecule has 7 heteroatoms. The van der Waals surface area contributed by atoms with Crippen LogP contribution in [0.15, 0.2) is 36.9 Å². The second-order valence-electron chi connectivity index (χ2n) is 6.58. The summed E-state index contributed by atoms with van der Waals surface area (Å²) < 4.78 is 1.69. The maximum atomic E-state index is 13.0. The van der Waals surface area contributed by atoms with Gasteiger partial charge in [-0.15, -0.1) is 0 Å². The van der Waals surface area contributed by atoms with Crippen LogP contribution >= 0.6 is 0 Å². The van der Waals surface area contributed by atoms with Crippen LogP contribution in [-0.4, -0.2) is 51.1 Å². The van der Waals surface area contributed by atoms with E-state index >= 15 is 0 Å². The Labute approximate surface area is 139 Å². The van der Waals surface area contributed by atoms with E-state index in [4.69, 9.17) is 0 Å². The molecule has 0 aliphatic carbocycles. The number of aryl methyl sites for hydroxylation is 1. The van der Waals surface area contributed by atoms with E-state index in [9.17, 15) is 9.59 Å². The van der Waals surface area contributed by atoms with Crippen molar-refractivity contribution in [2.75, 3.05) is 24.5 Å². The van der Waals surface area contributed by atoms with Crippen LogP contribution in [0.1, 0.15) is 23.2 Å². The van der Waals surface area contributed by atoms with Gasteiger partial charge in [-0.25, -0.2) is 0 Å². The minimum atomic E-state index is -0.451. The zero-order valence-electron chi connectivity index (χ0n) is 13.6. The highest BCUT2D eigenvalue weighted by atomic mass is 16.2. The Morgan fingerprint density at radius 2 is 2.08 bits per heavy atom. The largest absolute Gasteiger partial charge is 0.337 e. The molecule has 0 N–H and O–H groups in total. The summed E-state index contributed by atoms with van der Waals surface area (Å²) in [5.74, 6) is 0.0598. The summed E-state index contributed by atoms with van der Waals surface area (Å²) in [6.45, 7) is 1.77. The minimum Gasteiger partial charge on any atom is -0.337 e. The van der Waals surface area contributed by atoms with Crippen LogP contribution < -0.4 is 4.90 Å². The second kappa shape index (κ2) is 5.43. The number of hydrogen-bond donors (Lipinski definition) is 0. The predicted molar refractivity (Wildman–Crippen MR) is 87.4 cm³/mol. The molecule has 2 aromatic heterocycles. The van der Waals surface area contributed by atoms with Crippen LogP contribution in [0.25, 0.3) is 0 Å².